The third kappa shape index (κ3) is 3.83. The first-order chi connectivity index (χ1) is 10.6. The van der Waals surface area contributed by atoms with E-state index in [9.17, 15) is 0 Å². The van der Waals surface area contributed by atoms with Crippen LogP contribution in [0.2, 0.25) is 0 Å². The lowest BCUT2D eigenvalue weighted by Gasteiger charge is -2.15. The Morgan fingerprint density at radius 1 is 1.05 bits per heavy atom. The molecular formula is C18H23NO2S. The van der Waals surface area contributed by atoms with Crippen molar-refractivity contribution in [1.29, 1.82) is 0 Å². The Bertz CT molecular complexity index is 639. The van der Waals surface area contributed by atoms with E-state index in [0.717, 1.165) is 17.9 Å². The van der Waals surface area contributed by atoms with Gasteiger partial charge in [-0.15, -0.1) is 0 Å². The van der Waals surface area contributed by atoms with Crippen LogP contribution < -0.4 is 9.46 Å². The van der Waals surface area contributed by atoms with Gasteiger partial charge in [0, 0.05) is 11.4 Å². The van der Waals surface area contributed by atoms with Crippen LogP contribution in [0.1, 0.15) is 27.8 Å². The van der Waals surface area contributed by atoms with Crippen molar-refractivity contribution in [2.45, 2.75) is 38.8 Å². The molecule has 2 aromatic rings. The molecule has 0 radical (unpaired) electrons. The highest BCUT2D eigenvalue weighted by Crippen LogP contribution is 2.32. The summed E-state index contributed by atoms with van der Waals surface area (Å²) in [4.78, 5) is 1.25. The molecule has 0 spiro atoms. The summed E-state index contributed by atoms with van der Waals surface area (Å²) in [5.74, 6) is 0.943. The van der Waals surface area contributed by atoms with Gasteiger partial charge in [-0.3, -0.25) is 4.72 Å². The summed E-state index contributed by atoms with van der Waals surface area (Å²) in [6, 6.07) is 10.1. The van der Waals surface area contributed by atoms with Crippen molar-refractivity contribution in [2.24, 2.45) is 0 Å². The third-order valence-electron chi connectivity index (χ3n) is 3.85. The van der Waals surface area contributed by atoms with Gasteiger partial charge in [-0.2, -0.15) is 0 Å². The number of aryl methyl sites for hydroxylation is 1. The second-order valence-corrected chi connectivity index (χ2v) is 6.27. The maximum Gasteiger partial charge on any atom is 0.122 e. The Kier molecular flexibility index (Phi) is 5.89. The molecule has 0 fully saturated rings. The zero-order valence-electron chi connectivity index (χ0n) is 13.6. The fourth-order valence-electron chi connectivity index (χ4n) is 2.34. The van der Waals surface area contributed by atoms with E-state index in [-0.39, 0.29) is 6.61 Å². The average Bonchev–Trinajstić information content (AvgIpc) is 2.54. The van der Waals surface area contributed by atoms with Crippen LogP contribution in [0.3, 0.4) is 0 Å². The minimum atomic E-state index is 0.0893. The number of benzene rings is 2. The van der Waals surface area contributed by atoms with Gasteiger partial charge in [0.2, 0.25) is 0 Å². The molecule has 118 valence electrons. The fourth-order valence-corrected chi connectivity index (χ4v) is 3.25. The van der Waals surface area contributed by atoms with Gasteiger partial charge in [0.05, 0.1) is 13.7 Å². The van der Waals surface area contributed by atoms with E-state index in [0.29, 0.717) is 0 Å². The Balaban J connectivity index is 2.03. The van der Waals surface area contributed by atoms with E-state index < -0.39 is 0 Å². The fraction of sp³-hybridized carbons (Fsp3) is 0.333. The second kappa shape index (κ2) is 7.68. The predicted molar refractivity (Wildman–Crippen MR) is 92.3 cm³/mol. The summed E-state index contributed by atoms with van der Waals surface area (Å²) in [6.45, 7) is 7.19. The summed E-state index contributed by atoms with van der Waals surface area (Å²) in [6.07, 6.45) is 0. The number of ether oxygens (including phenoxy) is 1. The minimum Gasteiger partial charge on any atom is -0.496 e. The minimum absolute atomic E-state index is 0.0893. The zero-order valence-corrected chi connectivity index (χ0v) is 14.4. The highest BCUT2D eigenvalue weighted by Gasteiger charge is 2.11. The maximum atomic E-state index is 9.05. The molecule has 0 saturated heterocycles. The van der Waals surface area contributed by atoms with Gasteiger partial charge in [0.25, 0.3) is 0 Å². The molecular weight excluding hydrogens is 294 g/mol. The van der Waals surface area contributed by atoms with Crippen molar-refractivity contribution < 1.29 is 9.84 Å². The first kappa shape index (κ1) is 16.9. The molecule has 0 aromatic heterocycles. The van der Waals surface area contributed by atoms with Crippen molar-refractivity contribution >= 4 is 11.9 Å². The SMILES string of the molecule is COc1cc(C)c(SNCc2ccc(CO)cc2)c(C)c1C. The molecule has 0 aliphatic carbocycles. The predicted octanol–water partition coefficient (Wildman–Crippen LogP) is 3.91. The quantitative estimate of drug-likeness (QED) is 0.793. The average molecular weight is 317 g/mol. The first-order valence-corrected chi connectivity index (χ1v) is 8.11. The number of nitrogens with one attached hydrogen (secondary N) is 1. The number of rotatable bonds is 6. The summed E-state index contributed by atoms with van der Waals surface area (Å²) in [5.41, 5.74) is 5.79. The number of hydrogen-bond donors (Lipinski definition) is 2. The van der Waals surface area contributed by atoms with Gasteiger partial charge in [-0.25, -0.2) is 0 Å². The van der Waals surface area contributed by atoms with Gasteiger partial charge >= 0.3 is 0 Å². The molecule has 0 amide bonds. The molecule has 2 aromatic carbocycles. The molecule has 4 heteroatoms. The summed E-state index contributed by atoms with van der Waals surface area (Å²) >= 11 is 1.66. The summed E-state index contributed by atoms with van der Waals surface area (Å²) in [5, 5.41) is 9.05. The van der Waals surface area contributed by atoms with Crippen molar-refractivity contribution in [3.63, 3.8) is 0 Å². The Labute approximate surface area is 136 Å². The van der Waals surface area contributed by atoms with Crippen LogP contribution in [0.5, 0.6) is 5.75 Å². The van der Waals surface area contributed by atoms with Gasteiger partial charge in [0.15, 0.2) is 0 Å². The molecule has 0 unspecified atom stereocenters. The number of methoxy groups -OCH3 is 1. The topological polar surface area (TPSA) is 41.5 Å². The van der Waals surface area contributed by atoms with Crippen LogP contribution in [0.4, 0.5) is 0 Å². The molecule has 2 rings (SSSR count). The normalized spacial score (nSPS) is 10.8. The van der Waals surface area contributed by atoms with Crippen LogP contribution in [0.15, 0.2) is 35.2 Å². The molecule has 2 N–H and O–H groups in total. The van der Waals surface area contributed by atoms with Crippen LogP contribution in [0.25, 0.3) is 0 Å². The monoisotopic (exact) mass is 317 g/mol. The lowest BCUT2D eigenvalue weighted by Crippen LogP contribution is -2.05. The highest BCUT2D eigenvalue weighted by atomic mass is 32.2. The highest BCUT2D eigenvalue weighted by molar-refractivity contribution is 7.97. The van der Waals surface area contributed by atoms with Crippen molar-refractivity contribution in [3.8, 4) is 5.75 Å². The van der Waals surface area contributed by atoms with Crippen LogP contribution >= 0.6 is 11.9 Å². The largest absolute Gasteiger partial charge is 0.496 e. The van der Waals surface area contributed by atoms with E-state index >= 15 is 0 Å². The van der Waals surface area contributed by atoms with E-state index in [2.05, 4.69) is 31.6 Å². The van der Waals surface area contributed by atoms with E-state index in [1.165, 1.54) is 27.1 Å². The first-order valence-electron chi connectivity index (χ1n) is 7.30. The summed E-state index contributed by atoms with van der Waals surface area (Å²) in [7, 11) is 1.71. The summed E-state index contributed by atoms with van der Waals surface area (Å²) < 4.78 is 8.82. The van der Waals surface area contributed by atoms with Crippen molar-refractivity contribution in [2.75, 3.05) is 7.11 Å². The zero-order chi connectivity index (χ0) is 16.1. The smallest absolute Gasteiger partial charge is 0.122 e. The lowest BCUT2D eigenvalue weighted by molar-refractivity contribution is 0.282. The number of aliphatic hydroxyl groups excluding tert-OH is 1. The Hall–Kier alpha value is -1.49. The molecule has 0 atom stereocenters. The third-order valence-corrected chi connectivity index (χ3v) is 4.98. The molecule has 0 bridgehead atoms. The Morgan fingerprint density at radius 3 is 2.27 bits per heavy atom. The van der Waals surface area contributed by atoms with E-state index in [1.54, 1.807) is 19.1 Å². The standard InChI is InChI=1S/C18H23NO2S/c1-12-9-17(21-4)13(2)14(3)18(12)22-19-10-15-5-7-16(11-20)8-6-15/h5-9,19-20H,10-11H2,1-4H3. The molecule has 0 aliphatic rings. The van der Waals surface area contributed by atoms with Crippen LogP contribution in [-0.2, 0) is 13.2 Å². The van der Waals surface area contributed by atoms with Crippen molar-refractivity contribution in [1.82, 2.24) is 4.72 Å². The molecule has 0 aliphatic heterocycles. The van der Waals surface area contributed by atoms with Gasteiger partial charge in [0.1, 0.15) is 5.75 Å². The Morgan fingerprint density at radius 2 is 1.68 bits per heavy atom. The van der Waals surface area contributed by atoms with Gasteiger partial charge < -0.3 is 9.84 Å². The van der Waals surface area contributed by atoms with E-state index in [4.69, 9.17) is 9.84 Å². The van der Waals surface area contributed by atoms with Gasteiger partial charge in [-0.1, -0.05) is 24.3 Å². The maximum absolute atomic E-state index is 9.05. The molecule has 3 nitrogen and oxygen atoms in total. The van der Waals surface area contributed by atoms with Crippen LogP contribution in [-0.4, -0.2) is 12.2 Å². The van der Waals surface area contributed by atoms with Crippen LogP contribution in [0, 0.1) is 20.8 Å². The number of hydrogen-bond acceptors (Lipinski definition) is 4. The molecule has 0 heterocycles. The lowest BCUT2D eigenvalue weighted by atomic mass is 10.1. The molecule has 22 heavy (non-hydrogen) atoms. The second-order valence-electron chi connectivity index (χ2n) is 5.37. The van der Waals surface area contributed by atoms with E-state index in [1.807, 2.05) is 24.3 Å². The molecule has 0 saturated carbocycles. The van der Waals surface area contributed by atoms with Gasteiger partial charge in [-0.05, 0) is 66.6 Å². The number of aliphatic hydroxyl groups is 1. The van der Waals surface area contributed by atoms with Crippen molar-refractivity contribution in [3.05, 3.63) is 58.1 Å².